The molecular formula is C16H22ClNO2. The molecule has 20 heavy (non-hydrogen) atoms. The van der Waals surface area contributed by atoms with Gasteiger partial charge in [0.05, 0.1) is 0 Å². The van der Waals surface area contributed by atoms with Crippen LogP contribution in [0.1, 0.15) is 19.3 Å². The molecule has 0 spiro atoms. The minimum absolute atomic E-state index is 0.287. The number of hydrogen-bond acceptors (Lipinski definition) is 3. The highest BCUT2D eigenvalue weighted by atomic mass is 35.5. The minimum Gasteiger partial charge on any atom is -0.490 e. The first-order valence-electron chi connectivity index (χ1n) is 7.53. The van der Waals surface area contributed by atoms with Gasteiger partial charge in [0.1, 0.15) is 11.9 Å². The normalized spacial score (nSPS) is 25.6. The summed E-state index contributed by atoms with van der Waals surface area (Å²) in [6, 6.07) is 7.73. The zero-order valence-electron chi connectivity index (χ0n) is 11.7. The van der Waals surface area contributed by atoms with Crippen LogP contribution in [0.25, 0.3) is 0 Å². The van der Waals surface area contributed by atoms with Crippen molar-refractivity contribution in [2.75, 3.05) is 26.3 Å². The first-order chi connectivity index (χ1) is 9.83. The minimum atomic E-state index is 0.287. The number of halogens is 1. The summed E-state index contributed by atoms with van der Waals surface area (Å²) in [6.45, 7) is 3.90. The molecule has 3 rings (SSSR count). The number of benzene rings is 1. The molecule has 1 aromatic rings. The Balaban J connectivity index is 1.71. The molecule has 0 amide bonds. The average Bonchev–Trinajstić information content (AvgIpc) is 3.01. The van der Waals surface area contributed by atoms with Crippen LogP contribution in [0.4, 0.5) is 0 Å². The van der Waals surface area contributed by atoms with Gasteiger partial charge in [-0.25, -0.2) is 0 Å². The Morgan fingerprint density at radius 2 is 1.85 bits per heavy atom. The van der Waals surface area contributed by atoms with Crippen LogP contribution in [0, 0.1) is 11.8 Å². The van der Waals surface area contributed by atoms with Gasteiger partial charge in [-0.2, -0.15) is 0 Å². The molecule has 0 aliphatic carbocycles. The third kappa shape index (κ3) is 3.46. The monoisotopic (exact) mass is 295 g/mol. The zero-order chi connectivity index (χ0) is 13.8. The van der Waals surface area contributed by atoms with Crippen LogP contribution in [-0.2, 0) is 4.74 Å². The van der Waals surface area contributed by atoms with E-state index in [1.54, 1.807) is 0 Å². The van der Waals surface area contributed by atoms with Crippen LogP contribution in [0.2, 0.25) is 5.02 Å². The van der Waals surface area contributed by atoms with Gasteiger partial charge in [0.15, 0.2) is 0 Å². The SMILES string of the molecule is Clc1ccc(O[C@H](C2CCOCC2)C2CCNC2)cc1. The van der Waals surface area contributed by atoms with Crippen molar-refractivity contribution in [2.45, 2.75) is 25.4 Å². The van der Waals surface area contributed by atoms with Crippen LogP contribution in [0.15, 0.2) is 24.3 Å². The van der Waals surface area contributed by atoms with Gasteiger partial charge in [-0.3, -0.25) is 0 Å². The summed E-state index contributed by atoms with van der Waals surface area (Å²) in [4.78, 5) is 0. The second-order valence-electron chi connectivity index (χ2n) is 5.74. The molecule has 2 aliphatic rings. The summed E-state index contributed by atoms with van der Waals surface area (Å²) in [5.41, 5.74) is 0. The number of rotatable bonds is 4. The van der Waals surface area contributed by atoms with Crippen LogP contribution in [0.3, 0.4) is 0 Å². The van der Waals surface area contributed by atoms with E-state index in [2.05, 4.69) is 5.32 Å². The molecule has 2 fully saturated rings. The van der Waals surface area contributed by atoms with Crippen molar-refractivity contribution in [1.29, 1.82) is 0 Å². The van der Waals surface area contributed by atoms with Gasteiger partial charge in [-0.1, -0.05) is 11.6 Å². The molecule has 3 nitrogen and oxygen atoms in total. The molecule has 0 aromatic heterocycles. The van der Waals surface area contributed by atoms with Gasteiger partial charge in [0.2, 0.25) is 0 Å². The van der Waals surface area contributed by atoms with E-state index in [0.717, 1.165) is 49.9 Å². The van der Waals surface area contributed by atoms with Gasteiger partial charge >= 0.3 is 0 Å². The fourth-order valence-corrected chi connectivity index (χ4v) is 3.38. The van der Waals surface area contributed by atoms with Crippen LogP contribution in [-0.4, -0.2) is 32.4 Å². The van der Waals surface area contributed by atoms with E-state index in [-0.39, 0.29) is 6.10 Å². The van der Waals surface area contributed by atoms with E-state index in [9.17, 15) is 0 Å². The standard InChI is InChI=1S/C16H22ClNO2/c17-14-1-3-15(4-2-14)20-16(13-5-8-18-11-13)12-6-9-19-10-7-12/h1-4,12-13,16,18H,5-11H2/t13?,16-/m1/s1. The lowest BCUT2D eigenvalue weighted by molar-refractivity contribution is -0.00133. The Kier molecular flexibility index (Phi) is 4.81. The molecule has 0 bridgehead atoms. The lowest BCUT2D eigenvalue weighted by Gasteiger charge is -2.34. The van der Waals surface area contributed by atoms with Crippen LogP contribution in [0.5, 0.6) is 5.75 Å². The van der Waals surface area contributed by atoms with Crippen molar-refractivity contribution in [3.05, 3.63) is 29.3 Å². The second-order valence-corrected chi connectivity index (χ2v) is 6.18. The highest BCUT2D eigenvalue weighted by Gasteiger charge is 2.34. The van der Waals surface area contributed by atoms with Crippen molar-refractivity contribution >= 4 is 11.6 Å². The number of nitrogens with one attached hydrogen (secondary N) is 1. The second kappa shape index (κ2) is 6.79. The summed E-state index contributed by atoms with van der Waals surface area (Å²) in [5.74, 6) is 2.14. The molecule has 1 N–H and O–H groups in total. The summed E-state index contributed by atoms with van der Waals surface area (Å²) in [6.07, 6.45) is 3.70. The molecule has 0 radical (unpaired) electrons. The van der Waals surface area contributed by atoms with Crippen LogP contribution >= 0.6 is 11.6 Å². The van der Waals surface area contributed by atoms with Crippen molar-refractivity contribution in [3.8, 4) is 5.75 Å². The largest absolute Gasteiger partial charge is 0.490 e. The first kappa shape index (κ1) is 14.2. The fourth-order valence-electron chi connectivity index (χ4n) is 3.25. The Morgan fingerprint density at radius 1 is 1.10 bits per heavy atom. The molecular weight excluding hydrogens is 274 g/mol. The molecule has 1 aromatic carbocycles. The fraction of sp³-hybridized carbons (Fsp3) is 0.625. The van der Waals surface area contributed by atoms with Gasteiger partial charge in [0, 0.05) is 36.6 Å². The summed E-state index contributed by atoms with van der Waals surface area (Å²) in [7, 11) is 0. The molecule has 2 heterocycles. The van der Waals surface area contributed by atoms with E-state index in [1.165, 1.54) is 6.42 Å². The first-order valence-corrected chi connectivity index (χ1v) is 7.91. The maximum atomic E-state index is 6.34. The number of ether oxygens (including phenoxy) is 2. The summed E-state index contributed by atoms with van der Waals surface area (Å²) in [5, 5.41) is 4.21. The quantitative estimate of drug-likeness (QED) is 0.926. The van der Waals surface area contributed by atoms with Gasteiger partial charge in [0.25, 0.3) is 0 Å². The van der Waals surface area contributed by atoms with Crippen LogP contribution < -0.4 is 10.1 Å². The third-order valence-corrected chi connectivity index (χ3v) is 4.63. The molecule has 110 valence electrons. The molecule has 1 unspecified atom stereocenters. The van der Waals surface area contributed by atoms with E-state index in [4.69, 9.17) is 21.1 Å². The van der Waals surface area contributed by atoms with Crippen molar-refractivity contribution in [1.82, 2.24) is 5.32 Å². The topological polar surface area (TPSA) is 30.5 Å². The molecule has 4 heteroatoms. The van der Waals surface area contributed by atoms with Crippen molar-refractivity contribution < 1.29 is 9.47 Å². The molecule has 0 saturated carbocycles. The third-order valence-electron chi connectivity index (χ3n) is 4.38. The lowest BCUT2D eigenvalue weighted by Crippen LogP contribution is -2.38. The molecule has 2 saturated heterocycles. The Bertz CT molecular complexity index is 411. The van der Waals surface area contributed by atoms with E-state index in [0.29, 0.717) is 11.8 Å². The predicted octanol–water partition coefficient (Wildman–Crippen LogP) is 3.12. The van der Waals surface area contributed by atoms with Gasteiger partial charge in [-0.15, -0.1) is 0 Å². The van der Waals surface area contributed by atoms with E-state index < -0.39 is 0 Å². The van der Waals surface area contributed by atoms with Crippen molar-refractivity contribution in [3.63, 3.8) is 0 Å². The smallest absolute Gasteiger partial charge is 0.119 e. The summed E-state index contributed by atoms with van der Waals surface area (Å²) < 4.78 is 11.8. The Labute approximate surface area is 125 Å². The summed E-state index contributed by atoms with van der Waals surface area (Å²) >= 11 is 5.94. The maximum absolute atomic E-state index is 6.34. The Morgan fingerprint density at radius 3 is 2.50 bits per heavy atom. The highest BCUT2D eigenvalue weighted by Crippen LogP contribution is 2.31. The Hall–Kier alpha value is -0.770. The van der Waals surface area contributed by atoms with Gasteiger partial charge < -0.3 is 14.8 Å². The van der Waals surface area contributed by atoms with E-state index >= 15 is 0 Å². The highest BCUT2D eigenvalue weighted by molar-refractivity contribution is 6.30. The van der Waals surface area contributed by atoms with Gasteiger partial charge in [-0.05, 0) is 50.1 Å². The average molecular weight is 296 g/mol. The zero-order valence-corrected chi connectivity index (χ0v) is 12.4. The number of hydrogen-bond donors (Lipinski definition) is 1. The van der Waals surface area contributed by atoms with E-state index in [1.807, 2.05) is 24.3 Å². The molecule has 2 atom stereocenters. The molecule has 2 aliphatic heterocycles. The van der Waals surface area contributed by atoms with Crippen molar-refractivity contribution in [2.24, 2.45) is 11.8 Å². The maximum Gasteiger partial charge on any atom is 0.119 e. The predicted molar refractivity (Wildman–Crippen MR) is 80.4 cm³/mol. The lowest BCUT2D eigenvalue weighted by atomic mass is 9.85.